The van der Waals surface area contributed by atoms with Crippen molar-refractivity contribution in [1.82, 2.24) is 0 Å². The first-order valence-electron chi connectivity index (χ1n) is 7.73. The Balaban J connectivity index is 0.00000104. The zero-order valence-corrected chi connectivity index (χ0v) is 15.1. The van der Waals surface area contributed by atoms with Gasteiger partial charge in [0.2, 0.25) is 0 Å². The standard InChI is InChI=1S/C18H19N3O.2ClH/c1-20-10-11-21(17-5-3-2-4-16(17)20)18(22)14-6-7-15-13(12-14)8-9-19-15;;/h2-7,12,19H,8-11H2,1H3;2*1H. The lowest BCUT2D eigenvalue weighted by molar-refractivity contribution is 0.0986. The smallest absolute Gasteiger partial charge is 0.258 e. The van der Waals surface area contributed by atoms with Crippen molar-refractivity contribution in [1.29, 1.82) is 0 Å². The average molecular weight is 366 g/mol. The lowest BCUT2D eigenvalue weighted by Gasteiger charge is -2.35. The quantitative estimate of drug-likeness (QED) is 0.838. The Morgan fingerprint density at radius 3 is 2.58 bits per heavy atom. The molecule has 1 amide bonds. The minimum Gasteiger partial charge on any atom is -0.384 e. The molecule has 0 radical (unpaired) electrons. The van der Waals surface area contributed by atoms with E-state index in [4.69, 9.17) is 0 Å². The molecule has 6 heteroatoms. The van der Waals surface area contributed by atoms with Crippen LogP contribution in [0.3, 0.4) is 0 Å². The van der Waals surface area contributed by atoms with E-state index in [2.05, 4.69) is 23.3 Å². The fraction of sp³-hybridized carbons (Fsp3) is 0.278. The maximum Gasteiger partial charge on any atom is 0.258 e. The van der Waals surface area contributed by atoms with Crippen molar-refractivity contribution in [2.45, 2.75) is 6.42 Å². The summed E-state index contributed by atoms with van der Waals surface area (Å²) in [7, 11) is 2.07. The zero-order chi connectivity index (χ0) is 15.1. The Hall–Kier alpha value is -1.91. The molecule has 0 atom stereocenters. The van der Waals surface area contributed by atoms with Crippen molar-refractivity contribution in [2.24, 2.45) is 0 Å². The SMILES string of the molecule is CN1CCN(C(=O)c2ccc3c(c2)CCN3)c2ccccc21.Cl.Cl. The number of amides is 1. The van der Waals surface area contributed by atoms with Crippen molar-refractivity contribution < 1.29 is 4.79 Å². The van der Waals surface area contributed by atoms with E-state index in [1.165, 1.54) is 5.56 Å². The number of nitrogens with zero attached hydrogens (tertiary/aromatic N) is 2. The van der Waals surface area contributed by atoms with E-state index in [1.807, 2.05) is 41.3 Å². The van der Waals surface area contributed by atoms with Gasteiger partial charge in [-0.25, -0.2) is 0 Å². The number of likely N-dealkylation sites (N-methyl/N-ethyl adjacent to an activating group) is 1. The van der Waals surface area contributed by atoms with Crippen LogP contribution >= 0.6 is 24.8 Å². The maximum absolute atomic E-state index is 13.0. The highest BCUT2D eigenvalue weighted by atomic mass is 35.5. The van der Waals surface area contributed by atoms with E-state index in [1.54, 1.807) is 0 Å². The first-order chi connectivity index (χ1) is 10.7. The van der Waals surface area contributed by atoms with Crippen LogP contribution < -0.4 is 15.1 Å². The first-order valence-corrected chi connectivity index (χ1v) is 7.73. The predicted octanol–water partition coefficient (Wildman–Crippen LogP) is 3.59. The van der Waals surface area contributed by atoms with E-state index in [0.717, 1.165) is 48.7 Å². The van der Waals surface area contributed by atoms with Crippen LogP contribution in [-0.2, 0) is 6.42 Å². The molecule has 1 N–H and O–H groups in total. The lowest BCUT2D eigenvalue weighted by Crippen LogP contribution is -2.42. The summed E-state index contributed by atoms with van der Waals surface area (Å²) in [6.45, 7) is 2.54. The van der Waals surface area contributed by atoms with Crippen LogP contribution in [-0.4, -0.2) is 32.6 Å². The van der Waals surface area contributed by atoms with Crippen molar-refractivity contribution in [3.05, 3.63) is 53.6 Å². The molecular weight excluding hydrogens is 345 g/mol. The maximum atomic E-state index is 13.0. The topological polar surface area (TPSA) is 35.6 Å². The van der Waals surface area contributed by atoms with Gasteiger partial charge >= 0.3 is 0 Å². The number of hydrogen-bond donors (Lipinski definition) is 1. The largest absolute Gasteiger partial charge is 0.384 e. The van der Waals surface area contributed by atoms with E-state index in [-0.39, 0.29) is 30.7 Å². The molecule has 0 unspecified atom stereocenters. The molecule has 0 spiro atoms. The van der Waals surface area contributed by atoms with Crippen LogP contribution in [0.25, 0.3) is 0 Å². The molecule has 0 saturated heterocycles. The van der Waals surface area contributed by atoms with Gasteiger partial charge in [-0.1, -0.05) is 12.1 Å². The third-order valence-corrected chi connectivity index (χ3v) is 4.55. The first kappa shape index (κ1) is 18.4. The number of anilines is 3. The molecule has 0 fully saturated rings. The average Bonchev–Trinajstić information content (AvgIpc) is 3.02. The third-order valence-electron chi connectivity index (χ3n) is 4.55. The van der Waals surface area contributed by atoms with E-state index < -0.39 is 0 Å². The molecule has 128 valence electrons. The molecule has 0 bridgehead atoms. The summed E-state index contributed by atoms with van der Waals surface area (Å²) in [5.74, 6) is 0.0928. The minimum absolute atomic E-state index is 0. The van der Waals surface area contributed by atoms with Crippen molar-refractivity contribution in [3.63, 3.8) is 0 Å². The summed E-state index contributed by atoms with van der Waals surface area (Å²) < 4.78 is 0. The van der Waals surface area contributed by atoms with Gasteiger partial charge in [0.1, 0.15) is 0 Å². The van der Waals surface area contributed by atoms with E-state index >= 15 is 0 Å². The van der Waals surface area contributed by atoms with Gasteiger partial charge in [0.05, 0.1) is 11.4 Å². The fourth-order valence-electron chi connectivity index (χ4n) is 3.31. The predicted molar refractivity (Wildman–Crippen MR) is 105 cm³/mol. The molecule has 24 heavy (non-hydrogen) atoms. The molecule has 2 aromatic carbocycles. The van der Waals surface area contributed by atoms with Crippen LogP contribution in [0.2, 0.25) is 0 Å². The lowest BCUT2D eigenvalue weighted by atomic mass is 10.1. The Morgan fingerprint density at radius 1 is 1.04 bits per heavy atom. The summed E-state index contributed by atoms with van der Waals surface area (Å²) in [6.07, 6.45) is 0.996. The molecule has 4 rings (SSSR count). The Kier molecular flexibility index (Phi) is 5.62. The molecular formula is C18H21Cl2N3O. The van der Waals surface area contributed by atoms with Crippen molar-refractivity contribution >= 4 is 47.8 Å². The number of rotatable bonds is 1. The number of halogens is 2. The monoisotopic (exact) mass is 365 g/mol. The van der Waals surface area contributed by atoms with E-state index in [9.17, 15) is 4.79 Å². The summed E-state index contributed by atoms with van der Waals surface area (Å²) in [5, 5.41) is 3.34. The molecule has 0 saturated carbocycles. The molecule has 2 heterocycles. The molecule has 2 aliphatic rings. The number of hydrogen-bond acceptors (Lipinski definition) is 3. The summed E-state index contributed by atoms with van der Waals surface area (Å²) in [5.41, 5.74) is 5.30. The molecule has 0 aliphatic carbocycles. The van der Waals surface area contributed by atoms with Gasteiger partial charge in [0.25, 0.3) is 5.91 Å². The van der Waals surface area contributed by atoms with Gasteiger partial charge in [-0.3, -0.25) is 4.79 Å². The van der Waals surface area contributed by atoms with Gasteiger partial charge in [0, 0.05) is 37.9 Å². The molecule has 0 aromatic heterocycles. The van der Waals surface area contributed by atoms with Crippen LogP contribution in [0.1, 0.15) is 15.9 Å². The van der Waals surface area contributed by atoms with E-state index in [0.29, 0.717) is 0 Å². The van der Waals surface area contributed by atoms with Crippen LogP contribution in [0, 0.1) is 0 Å². The normalized spacial score (nSPS) is 14.7. The van der Waals surface area contributed by atoms with Gasteiger partial charge < -0.3 is 15.1 Å². The van der Waals surface area contributed by atoms with Crippen LogP contribution in [0.4, 0.5) is 17.1 Å². The number of fused-ring (bicyclic) bond motifs is 2. The second kappa shape index (κ2) is 7.32. The number of para-hydroxylation sites is 2. The third kappa shape index (κ3) is 3.04. The second-order valence-corrected chi connectivity index (χ2v) is 5.92. The summed E-state index contributed by atoms with van der Waals surface area (Å²) >= 11 is 0. The number of carbonyl (C=O) groups excluding carboxylic acids is 1. The number of nitrogens with one attached hydrogen (secondary N) is 1. The molecule has 4 nitrogen and oxygen atoms in total. The van der Waals surface area contributed by atoms with Gasteiger partial charge in [-0.2, -0.15) is 0 Å². The second-order valence-electron chi connectivity index (χ2n) is 5.92. The number of carbonyl (C=O) groups is 1. The van der Waals surface area contributed by atoms with Crippen LogP contribution in [0.15, 0.2) is 42.5 Å². The Bertz CT molecular complexity index is 751. The summed E-state index contributed by atoms with van der Waals surface area (Å²) in [4.78, 5) is 17.1. The fourth-order valence-corrected chi connectivity index (χ4v) is 3.31. The van der Waals surface area contributed by atoms with Gasteiger partial charge in [-0.15, -0.1) is 24.8 Å². The molecule has 2 aromatic rings. The van der Waals surface area contributed by atoms with Crippen molar-refractivity contribution in [2.75, 3.05) is 41.8 Å². The summed E-state index contributed by atoms with van der Waals surface area (Å²) in [6, 6.07) is 14.1. The highest BCUT2D eigenvalue weighted by molar-refractivity contribution is 6.08. The van der Waals surface area contributed by atoms with Crippen LogP contribution in [0.5, 0.6) is 0 Å². The Morgan fingerprint density at radius 2 is 1.79 bits per heavy atom. The Labute approximate surface area is 154 Å². The number of benzene rings is 2. The van der Waals surface area contributed by atoms with Crippen molar-refractivity contribution in [3.8, 4) is 0 Å². The highest BCUT2D eigenvalue weighted by Gasteiger charge is 2.26. The van der Waals surface area contributed by atoms with Gasteiger partial charge in [0.15, 0.2) is 0 Å². The zero-order valence-electron chi connectivity index (χ0n) is 13.5. The molecule has 2 aliphatic heterocycles. The minimum atomic E-state index is 0. The highest BCUT2D eigenvalue weighted by Crippen LogP contribution is 2.33. The van der Waals surface area contributed by atoms with Gasteiger partial charge in [-0.05, 0) is 42.3 Å².